The standard InChI is InChI=1S/C29H32ClF3N2O4/c1-39-19-4-5-25-21(15-19)28(22(30)17-34-25)26(36)6-7-29(16-27(37)38)8-11-35(12-9-29)10-2-3-20-23(32)13-18(31)14-24(20)33/h4-5,13-15,17,26,36H,2-3,6-12,16H2,1H3,(H,37,38). The summed E-state index contributed by atoms with van der Waals surface area (Å²) < 4.78 is 46.3. The molecule has 3 aromatic rings. The molecule has 1 aromatic heterocycles. The predicted molar refractivity (Wildman–Crippen MR) is 142 cm³/mol. The molecule has 4 rings (SSSR count). The summed E-state index contributed by atoms with van der Waals surface area (Å²) in [7, 11) is 1.55. The highest BCUT2D eigenvalue weighted by molar-refractivity contribution is 6.32. The molecule has 0 spiro atoms. The summed E-state index contributed by atoms with van der Waals surface area (Å²) in [5.74, 6) is -2.99. The van der Waals surface area contributed by atoms with Gasteiger partial charge in [0, 0.05) is 34.8 Å². The number of halogens is 4. The number of pyridine rings is 1. The summed E-state index contributed by atoms with van der Waals surface area (Å²) in [6.07, 6.45) is 3.25. The van der Waals surface area contributed by atoms with Gasteiger partial charge in [-0.1, -0.05) is 11.6 Å². The Morgan fingerprint density at radius 2 is 1.87 bits per heavy atom. The van der Waals surface area contributed by atoms with Crippen molar-refractivity contribution in [3.8, 4) is 5.75 Å². The lowest BCUT2D eigenvalue weighted by Crippen LogP contribution is -2.41. The second-order valence-electron chi connectivity index (χ2n) is 10.3. The highest BCUT2D eigenvalue weighted by atomic mass is 35.5. The Morgan fingerprint density at radius 1 is 1.18 bits per heavy atom. The molecular weight excluding hydrogens is 533 g/mol. The molecule has 1 saturated heterocycles. The van der Waals surface area contributed by atoms with E-state index in [-0.39, 0.29) is 18.4 Å². The lowest BCUT2D eigenvalue weighted by Gasteiger charge is -2.41. The molecule has 1 unspecified atom stereocenters. The summed E-state index contributed by atoms with van der Waals surface area (Å²) >= 11 is 6.44. The number of ether oxygens (including phenoxy) is 1. The number of nitrogens with zero attached hydrogens (tertiary/aromatic N) is 2. The zero-order valence-corrected chi connectivity index (χ0v) is 22.5. The predicted octanol–water partition coefficient (Wildman–Crippen LogP) is 6.32. The molecule has 0 saturated carbocycles. The fourth-order valence-corrected chi connectivity index (χ4v) is 5.87. The van der Waals surface area contributed by atoms with Gasteiger partial charge in [-0.05, 0) is 81.8 Å². The van der Waals surface area contributed by atoms with Crippen molar-refractivity contribution < 1.29 is 32.9 Å². The van der Waals surface area contributed by atoms with Crippen molar-refractivity contribution in [1.29, 1.82) is 0 Å². The average Bonchev–Trinajstić information content (AvgIpc) is 2.89. The Morgan fingerprint density at radius 3 is 2.51 bits per heavy atom. The molecule has 0 radical (unpaired) electrons. The highest BCUT2D eigenvalue weighted by Gasteiger charge is 2.37. The first kappa shape index (κ1) is 29.1. The molecule has 6 nitrogen and oxygen atoms in total. The van der Waals surface area contributed by atoms with Crippen LogP contribution in [0.4, 0.5) is 13.2 Å². The summed E-state index contributed by atoms with van der Waals surface area (Å²) in [6.45, 7) is 1.85. The molecule has 39 heavy (non-hydrogen) atoms. The van der Waals surface area contributed by atoms with Gasteiger partial charge in [-0.15, -0.1) is 0 Å². The first-order valence-corrected chi connectivity index (χ1v) is 13.4. The van der Waals surface area contributed by atoms with Crippen molar-refractivity contribution in [3.05, 3.63) is 70.1 Å². The normalized spacial score (nSPS) is 16.4. The number of aliphatic hydroxyl groups excluding tert-OH is 1. The molecule has 1 atom stereocenters. The molecule has 10 heteroatoms. The van der Waals surface area contributed by atoms with E-state index < -0.39 is 34.9 Å². The topological polar surface area (TPSA) is 82.9 Å². The van der Waals surface area contributed by atoms with Crippen LogP contribution in [0.25, 0.3) is 10.9 Å². The van der Waals surface area contributed by atoms with Crippen molar-refractivity contribution in [3.63, 3.8) is 0 Å². The number of fused-ring (bicyclic) bond motifs is 1. The van der Waals surface area contributed by atoms with Crippen molar-refractivity contribution in [2.45, 2.75) is 51.0 Å². The van der Waals surface area contributed by atoms with Crippen molar-refractivity contribution in [2.24, 2.45) is 5.41 Å². The largest absolute Gasteiger partial charge is 0.497 e. The number of methoxy groups -OCH3 is 1. The van der Waals surface area contributed by atoms with Crippen LogP contribution in [0, 0.1) is 22.9 Å². The molecule has 0 bridgehead atoms. The molecule has 2 aromatic carbocycles. The number of aliphatic carboxylic acids is 1. The second-order valence-corrected chi connectivity index (χ2v) is 10.7. The maximum absolute atomic E-state index is 13.9. The van der Waals surface area contributed by atoms with E-state index in [0.29, 0.717) is 91.1 Å². The van der Waals surface area contributed by atoms with E-state index in [1.807, 2.05) is 0 Å². The number of hydrogen-bond acceptors (Lipinski definition) is 5. The minimum Gasteiger partial charge on any atom is -0.497 e. The first-order chi connectivity index (χ1) is 18.6. The van der Waals surface area contributed by atoms with E-state index in [0.717, 1.165) is 0 Å². The van der Waals surface area contributed by atoms with E-state index in [1.54, 1.807) is 25.3 Å². The number of carboxylic acid groups (broad SMARTS) is 1. The summed E-state index contributed by atoms with van der Waals surface area (Å²) in [5, 5.41) is 21.8. The Balaban J connectivity index is 1.39. The minimum absolute atomic E-state index is 0.0157. The third-order valence-corrected chi connectivity index (χ3v) is 8.10. The van der Waals surface area contributed by atoms with Crippen LogP contribution in [0.5, 0.6) is 5.75 Å². The molecule has 1 aliphatic heterocycles. The molecule has 1 fully saturated rings. The molecule has 2 N–H and O–H groups in total. The van der Waals surface area contributed by atoms with E-state index in [4.69, 9.17) is 16.3 Å². The number of piperidine rings is 1. The van der Waals surface area contributed by atoms with Crippen molar-refractivity contribution in [1.82, 2.24) is 9.88 Å². The number of benzene rings is 2. The molecule has 210 valence electrons. The van der Waals surface area contributed by atoms with Crippen LogP contribution in [-0.4, -0.2) is 52.8 Å². The fourth-order valence-electron chi connectivity index (χ4n) is 5.60. The maximum Gasteiger partial charge on any atom is 0.303 e. The Kier molecular flexibility index (Phi) is 9.35. The van der Waals surface area contributed by atoms with Crippen LogP contribution in [0.1, 0.15) is 55.8 Å². The molecule has 0 amide bonds. The van der Waals surface area contributed by atoms with Gasteiger partial charge in [0.25, 0.3) is 0 Å². The number of likely N-dealkylation sites (tertiary alicyclic amines) is 1. The molecule has 1 aliphatic rings. The molecule has 0 aliphatic carbocycles. The maximum atomic E-state index is 13.9. The van der Waals surface area contributed by atoms with Gasteiger partial charge < -0.3 is 19.8 Å². The van der Waals surface area contributed by atoms with Gasteiger partial charge in [0.1, 0.15) is 23.2 Å². The average molecular weight is 565 g/mol. The van der Waals surface area contributed by atoms with Gasteiger partial charge in [0.05, 0.1) is 30.2 Å². The lowest BCUT2D eigenvalue weighted by molar-refractivity contribution is -0.141. The van der Waals surface area contributed by atoms with Gasteiger partial charge in [0.2, 0.25) is 0 Å². The van der Waals surface area contributed by atoms with Crippen LogP contribution in [0.2, 0.25) is 5.02 Å². The quantitative estimate of drug-likeness (QED) is 0.284. The number of carboxylic acids is 1. The van der Waals surface area contributed by atoms with Crippen LogP contribution < -0.4 is 4.74 Å². The van der Waals surface area contributed by atoms with Gasteiger partial charge in [-0.3, -0.25) is 9.78 Å². The SMILES string of the molecule is COc1ccc2ncc(Cl)c(C(O)CCC3(CC(=O)O)CCN(CCCc4c(F)cc(F)cc4F)CC3)c2c1. The van der Waals surface area contributed by atoms with Crippen LogP contribution in [0.15, 0.2) is 36.5 Å². The van der Waals surface area contributed by atoms with Crippen LogP contribution in [0.3, 0.4) is 0 Å². The van der Waals surface area contributed by atoms with Crippen LogP contribution >= 0.6 is 11.6 Å². The van der Waals surface area contributed by atoms with Crippen molar-refractivity contribution >= 4 is 28.5 Å². The Hall–Kier alpha value is -2.88. The zero-order valence-electron chi connectivity index (χ0n) is 21.7. The van der Waals surface area contributed by atoms with E-state index in [1.165, 1.54) is 6.20 Å². The van der Waals surface area contributed by atoms with E-state index in [9.17, 15) is 28.2 Å². The van der Waals surface area contributed by atoms with Gasteiger partial charge in [-0.2, -0.15) is 0 Å². The molecule has 2 heterocycles. The first-order valence-electron chi connectivity index (χ1n) is 13.0. The Labute approximate surface area is 230 Å². The zero-order chi connectivity index (χ0) is 28.2. The number of hydrogen-bond donors (Lipinski definition) is 2. The number of carbonyl (C=O) groups is 1. The molecular formula is C29H32ClF3N2O4. The summed E-state index contributed by atoms with van der Waals surface area (Å²) in [6, 6.07) is 6.73. The number of aromatic nitrogens is 1. The number of rotatable bonds is 11. The number of aliphatic hydroxyl groups is 1. The second kappa shape index (κ2) is 12.5. The van der Waals surface area contributed by atoms with E-state index >= 15 is 0 Å². The van der Waals surface area contributed by atoms with Gasteiger partial charge >= 0.3 is 5.97 Å². The monoisotopic (exact) mass is 564 g/mol. The summed E-state index contributed by atoms with van der Waals surface area (Å²) in [5.41, 5.74) is 0.598. The highest BCUT2D eigenvalue weighted by Crippen LogP contribution is 2.43. The minimum atomic E-state index is -0.941. The van der Waals surface area contributed by atoms with Crippen molar-refractivity contribution in [2.75, 3.05) is 26.7 Å². The lowest BCUT2D eigenvalue weighted by atomic mass is 9.71. The van der Waals surface area contributed by atoms with Gasteiger partial charge in [-0.25, -0.2) is 13.2 Å². The van der Waals surface area contributed by atoms with Gasteiger partial charge in [0.15, 0.2) is 0 Å². The summed E-state index contributed by atoms with van der Waals surface area (Å²) in [4.78, 5) is 18.2. The Bertz CT molecular complexity index is 1310. The van der Waals surface area contributed by atoms with E-state index in [2.05, 4.69) is 9.88 Å². The third-order valence-electron chi connectivity index (χ3n) is 7.80. The smallest absolute Gasteiger partial charge is 0.303 e. The van der Waals surface area contributed by atoms with Crippen LogP contribution in [-0.2, 0) is 11.2 Å². The third kappa shape index (κ3) is 7.01. The fraction of sp³-hybridized carbons (Fsp3) is 0.448.